The molecule has 0 aromatic rings. The van der Waals surface area contributed by atoms with Gasteiger partial charge in [0.2, 0.25) is 5.91 Å². The first-order valence-corrected chi connectivity index (χ1v) is 4.63. The van der Waals surface area contributed by atoms with Crippen molar-refractivity contribution in [2.45, 2.75) is 32.1 Å². The minimum absolute atomic E-state index is 0.263. The van der Waals surface area contributed by atoms with Crippen molar-refractivity contribution in [1.82, 2.24) is 5.32 Å². The maximum absolute atomic E-state index is 11.0. The molecule has 1 N–H and O–H groups in total. The molecule has 1 saturated carbocycles. The van der Waals surface area contributed by atoms with E-state index in [0.29, 0.717) is 0 Å². The molecule has 0 aromatic heterocycles. The van der Waals surface area contributed by atoms with Crippen LogP contribution in [-0.2, 0) is 4.79 Å². The van der Waals surface area contributed by atoms with Crippen LogP contribution in [0.4, 0.5) is 0 Å². The van der Waals surface area contributed by atoms with Gasteiger partial charge in [-0.15, -0.1) is 0 Å². The van der Waals surface area contributed by atoms with E-state index < -0.39 is 0 Å². The average Bonchev–Trinajstić information content (AvgIpc) is 2.38. The Balaban J connectivity index is 2.00. The van der Waals surface area contributed by atoms with Gasteiger partial charge in [-0.25, -0.2) is 0 Å². The number of hydrogen-bond donors (Lipinski definition) is 1. The van der Waals surface area contributed by atoms with E-state index in [1.807, 2.05) is 0 Å². The van der Waals surface area contributed by atoms with Gasteiger partial charge in [0.25, 0.3) is 0 Å². The lowest BCUT2D eigenvalue weighted by molar-refractivity contribution is -0.120. The zero-order valence-corrected chi connectivity index (χ0v) is 6.81. The van der Waals surface area contributed by atoms with Gasteiger partial charge in [-0.3, -0.25) is 4.79 Å². The van der Waals surface area contributed by atoms with Crippen LogP contribution >= 0.6 is 0 Å². The van der Waals surface area contributed by atoms with Gasteiger partial charge >= 0.3 is 0 Å². The summed E-state index contributed by atoms with van der Waals surface area (Å²) >= 11 is 0. The van der Waals surface area contributed by atoms with Crippen LogP contribution in [0.5, 0.6) is 0 Å². The third kappa shape index (κ3) is 1.39. The Morgan fingerprint density at radius 2 is 2.00 bits per heavy atom. The zero-order valence-electron chi connectivity index (χ0n) is 6.81. The second-order valence-corrected chi connectivity index (χ2v) is 3.79. The number of carbonyl (C=O) groups excluding carboxylic acids is 1. The molecule has 2 aliphatic rings. The van der Waals surface area contributed by atoms with Gasteiger partial charge in [0.1, 0.15) is 0 Å². The van der Waals surface area contributed by atoms with Crippen molar-refractivity contribution in [3.8, 4) is 0 Å². The first-order valence-electron chi connectivity index (χ1n) is 4.63. The van der Waals surface area contributed by atoms with Crippen LogP contribution < -0.4 is 5.32 Å². The maximum Gasteiger partial charge on any atom is 0.220 e. The molecule has 2 unspecified atom stereocenters. The number of amides is 1. The topological polar surface area (TPSA) is 29.1 Å². The SMILES string of the molecule is O=C1CCC2CCCC2CN1. The van der Waals surface area contributed by atoms with Crippen molar-refractivity contribution in [3.05, 3.63) is 0 Å². The van der Waals surface area contributed by atoms with Gasteiger partial charge in [-0.05, 0) is 24.7 Å². The fourth-order valence-electron chi connectivity index (χ4n) is 2.41. The Hall–Kier alpha value is -0.530. The molecule has 1 aliphatic carbocycles. The van der Waals surface area contributed by atoms with E-state index in [1.54, 1.807) is 0 Å². The summed E-state index contributed by atoms with van der Waals surface area (Å²) in [7, 11) is 0. The quantitative estimate of drug-likeness (QED) is 0.558. The molecule has 0 spiro atoms. The zero-order chi connectivity index (χ0) is 7.68. The van der Waals surface area contributed by atoms with Gasteiger partial charge in [0.05, 0.1) is 0 Å². The highest BCUT2D eigenvalue weighted by Gasteiger charge is 2.29. The van der Waals surface area contributed by atoms with Crippen LogP contribution in [0.25, 0.3) is 0 Å². The number of carbonyl (C=O) groups is 1. The molecule has 1 saturated heterocycles. The van der Waals surface area contributed by atoms with Crippen molar-refractivity contribution in [1.29, 1.82) is 0 Å². The Bertz CT molecular complexity index is 151. The van der Waals surface area contributed by atoms with E-state index in [-0.39, 0.29) is 5.91 Å². The smallest absolute Gasteiger partial charge is 0.220 e. The third-order valence-electron chi connectivity index (χ3n) is 3.12. The number of fused-ring (bicyclic) bond motifs is 1. The van der Waals surface area contributed by atoms with Gasteiger partial charge in [-0.1, -0.05) is 12.8 Å². The standard InChI is InChI=1S/C9H15NO/c11-9-5-4-7-2-1-3-8(7)6-10-9/h7-8H,1-6H2,(H,10,11). The van der Waals surface area contributed by atoms with Crippen molar-refractivity contribution >= 4 is 5.91 Å². The highest BCUT2D eigenvalue weighted by molar-refractivity contribution is 5.76. The molecule has 0 bridgehead atoms. The third-order valence-corrected chi connectivity index (χ3v) is 3.12. The molecule has 2 nitrogen and oxygen atoms in total. The van der Waals surface area contributed by atoms with E-state index in [1.165, 1.54) is 19.3 Å². The van der Waals surface area contributed by atoms with Crippen LogP contribution in [-0.4, -0.2) is 12.5 Å². The highest BCUT2D eigenvalue weighted by Crippen LogP contribution is 2.35. The number of hydrogen-bond acceptors (Lipinski definition) is 1. The first-order chi connectivity index (χ1) is 5.36. The fraction of sp³-hybridized carbons (Fsp3) is 0.889. The molecular formula is C9H15NO. The second kappa shape index (κ2) is 2.84. The summed E-state index contributed by atoms with van der Waals surface area (Å²) in [4.78, 5) is 11.0. The molecule has 2 rings (SSSR count). The van der Waals surface area contributed by atoms with Crippen molar-refractivity contribution in [2.75, 3.05) is 6.54 Å². The molecule has 62 valence electrons. The first kappa shape index (κ1) is 7.14. The summed E-state index contributed by atoms with van der Waals surface area (Å²) in [5.74, 6) is 1.93. The predicted molar refractivity (Wildman–Crippen MR) is 43.1 cm³/mol. The van der Waals surface area contributed by atoms with Crippen LogP contribution in [0.3, 0.4) is 0 Å². The Kier molecular flexibility index (Phi) is 1.84. The molecule has 2 heteroatoms. The normalized spacial score (nSPS) is 37.6. The minimum atomic E-state index is 0.263. The molecule has 1 aliphatic heterocycles. The van der Waals surface area contributed by atoms with Gasteiger partial charge < -0.3 is 5.32 Å². The van der Waals surface area contributed by atoms with E-state index in [4.69, 9.17) is 0 Å². The predicted octanol–water partition coefficient (Wildman–Crippen LogP) is 1.31. The average molecular weight is 153 g/mol. The summed E-state index contributed by atoms with van der Waals surface area (Å²) in [5, 5.41) is 2.98. The Morgan fingerprint density at radius 1 is 1.18 bits per heavy atom. The van der Waals surface area contributed by atoms with E-state index in [0.717, 1.165) is 31.2 Å². The summed E-state index contributed by atoms with van der Waals surface area (Å²) in [6.07, 6.45) is 5.98. The number of nitrogens with one attached hydrogen (secondary N) is 1. The largest absolute Gasteiger partial charge is 0.356 e. The molecule has 11 heavy (non-hydrogen) atoms. The van der Waals surface area contributed by atoms with E-state index in [2.05, 4.69) is 5.32 Å². The van der Waals surface area contributed by atoms with Crippen LogP contribution in [0.15, 0.2) is 0 Å². The lowest BCUT2D eigenvalue weighted by atomic mass is 9.93. The molecule has 2 atom stereocenters. The van der Waals surface area contributed by atoms with E-state index in [9.17, 15) is 4.79 Å². The molecule has 0 aromatic carbocycles. The molecule has 1 heterocycles. The second-order valence-electron chi connectivity index (χ2n) is 3.79. The van der Waals surface area contributed by atoms with E-state index >= 15 is 0 Å². The van der Waals surface area contributed by atoms with Gasteiger partial charge in [0, 0.05) is 13.0 Å². The van der Waals surface area contributed by atoms with Gasteiger partial charge in [0.15, 0.2) is 0 Å². The van der Waals surface area contributed by atoms with Crippen molar-refractivity contribution < 1.29 is 4.79 Å². The lowest BCUT2D eigenvalue weighted by Gasteiger charge is -2.13. The summed E-state index contributed by atoms with van der Waals surface area (Å²) in [6.45, 7) is 0.948. The molecule has 0 radical (unpaired) electrons. The number of rotatable bonds is 0. The Morgan fingerprint density at radius 3 is 2.91 bits per heavy atom. The highest BCUT2D eigenvalue weighted by atomic mass is 16.1. The molecule has 1 amide bonds. The fourth-order valence-corrected chi connectivity index (χ4v) is 2.41. The monoisotopic (exact) mass is 153 g/mol. The molecular weight excluding hydrogens is 138 g/mol. The van der Waals surface area contributed by atoms with Crippen LogP contribution in [0, 0.1) is 11.8 Å². The summed E-state index contributed by atoms with van der Waals surface area (Å²) < 4.78 is 0. The lowest BCUT2D eigenvalue weighted by Crippen LogP contribution is -2.25. The minimum Gasteiger partial charge on any atom is -0.356 e. The van der Waals surface area contributed by atoms with Crippen LogP contribution in [0.1, 0.15) is 32.1 Å². The van der Waals surface area contributed by atoms with Gasteiger partial charge in [-0.2, -0.15) is 0 Å². The van der Waals surface area contributed by atoms with Crippen molar-refractivity contribution in [2.24, 2.45) is 11.8 Å². The summed E-state index contributed by atoms with van der Waals surface area (Å²) in [5.41, 5.74) is 0. The van der Waals surface area contributed by atoms with Crippen molar-refractivity contribution in [3.63, 3.8) is 0 Å². The Labute approximate surface area is 67.4 Å². The maximum atomic E-state index is 11.0. The molecule has 2 fully saturated rings. The van der Waals surface area contributed by atoms with Crippen LogP contribution in [0.2, 0.25) is 0 Å². The summed E-state index contributed by atoms with van der Waals surface area (Å²) in [6, 6.07) is 0.